The number of halogens is 1. The lowest BCUT2D eigenvalue weighted by Crippen LogP contribution is -2.19. The van der Waals surface area contributed by atoms with Crippen molar-refractivity contribution in [3.63, 3.8) is 0 Å². The Bertz CT molecular complexity index is 1610. The maximum absolute atomic E-state index is 6.81. The minimum absolute atomic E-state index is 0.443. The molecular formula is C32H32ClN5O. The Kier molecular flexibility index (Phi) is 6.25. The Labute approximate surface area is 233 Å². The van der Waals surface area contributed by atoms with Crippen LogP contribution in [0.3, 0.4) is 0 Å². The number of aryl methyl sites for hydroxylation is 1. The maximum atomic E-state index is 6.81. The van der Waals surface area contributed by atoms with E-state index in [-0.39, 0.29) is 0 Å². The highest BCUT2D eigenvalue weighted by molar-refractivity contribution is 6.33. The number of pyridine rings is 1. The number of fused-ring (bicyclic) bond motifs is 2. The first-order valence-electron chi connectivity index (χ1n) is 14.0. The topological polar surface area (TPSA) is 68.6 Å². The van der Waals surface area contributed by atoms with E-state index in [1.165, 1.54) is 30.4 Å². The van der Waals surface area contributed by atoms with Crippen molar-refractivity contribution in [3.05, 3.63) is 83.5 Å². The van der Waals surface area contributed by atoms with Gasteiger partial charge in [-0.05, 0) is 78.3 Å². The summed E-state index contributed by atoms with van der Waals surface area (Å²) in [6.07, 6.45) is 8.20. The molecule has 1 aliphatic carbocycles. The van der Waals surface area contributed by atoms with Gasteiger partial charge in [0.15, 0.2) is 0 Å². The molecule has 0 bridgehead atoms. The molecule has 5 aromatic rings. The lowest BCUT2D eigenvalue weighted by atomic mass is 9.87. The van der Waals surface area contributed by atoms with Crippen molar-refractivity contribution in [2.75, 3.05) is 6.61 Å². The first kappa shape index (κ1) is 24.6. The van der Waals surface area contributed by atoms with E-state index in [1.807, 2.05) is 18.2 Å². The fourth-order valence-electron chi connectivity index (χ4n) is 6.75. The molecule has 7 heteroatoms. The van der Waals surface area contributed by atoms with E-state index in [1.54, 1.807) is 11.0 Å². The number of aromatic nitrogens is 5. The van der Waals surface area contributed by atoms with Crippen LogP contribution in [0, 0.1) is 17.8 Å². The first-order valence-corrected chi connectivity index (χ1v) is 14.3. The Morgan fingerprint density at radius 1 is 1.03 bits per heavy atom. The molecular weight excluding hydrogens is 506 g/mol. The summed E-state index contributed by atoms with van der Waals surface area (Å²) in [5.41, 5.74) is 9.76. The Morgan fingerprint density at radius 2 is 1.77 bits per heavy atom. The fourth-order valence-corrected chi connectivity index (χ4v) is 7.01. The Balaban J connectivity index is 1.16. The summed E-state index contributed by atoms with van der Waals surface area (Å²) in [5.74, 6) is 1.94. The highest BCUT2D eigenvalue weighted by Crippen LogP contribution is 2.44. The van der Waals surface area contributed by atoms with Crippen molar-refractivity contribution in [2.24, 2.45) is 17.8 Å². The van der Waals surface area contributed by atoms with Gasteiger partial charge in [0.1, 0.15) is 12.7 Å². The van der Waals surface area contributed by atoms with Crippen LogP contribution in [-0.2, 0) is 17.6 Å². The minimum Gasteiger partial charge on any atom is -0.377 e. The van der Waals surface area contributed by atoms with Gasteiger partial charge in [-0.15, -0.1) is 0 Å². The van der Waals surface area contributed by atoms with Crippen LogP contribution in [0.4, 0.5) is 0 Å². The number of aromatic amines is 1. The molecule has 6 nitrogen and oxygen atoms in total. The van der Waals surface area contributed by atoms with Crippen LogP contribution in [0.5, 0.6) is 0 Å². The van der Waals surface area contributed by atoms with E-state index >= 15 is 0 Å². The van der Waals surface area contributed by atoms with Gasteiger partial charge in [-0.25, -0.2) is 14.6 Å². The normalized spacial score (nSPS) is 22.5. The van der Waals surface area contributed by atoms with Crippen LogP contribution >= 0.6 is 11.6 Å². The third-order valence-corrected chi connectivity index (χ3v) is 9.11. The van der Waals surface area contributed by atoms with Gasteiger partial charge in [-0.3, -0.25) is 0 Å². The van der Waals surface area contributed by atoms with E-state index < -0.39 is 0 Å². The lowest BCUT2D eigenvalue weighted by molar-refractivity contribution is 0.0705. The summed E-state index contributed by atoms with van der Waals surface area (Å²) >= 11 is 6.81. The van der Waals surface area contributed by atoms with Crippen LogP contribution in [0.1, 0.15) is 37.9 Å². The second-order valence-electron chi connectivity index (χ2n) is 11.1. The van der Waals surface area contributed by atoms with Gasteiger partial charge in [0.2, 0.25) is 0 Å². The van der Waals surface area contributed by atoms with Crippen LogP contribution in [0.15, 0.2) is 67.3 Å². The summed E-state index contributed by atoms with van der Waals surface area (Å²) in [7, 11) is 0. The van der Waals surface area contributed by atoms with Crippen molar-refractivity contribution >= 4 is 22.6 Å². The average molecular weight is 538 g/mol. The number of ether oxygens (including phenoxy) is 1. The molecule has 1 saturated carbocycles. The summed E-state index contributed by atoms with van der Waals surface area (Å²) in [6.45, 7) is 5.42. The van der Waals surface area contributed by atoms with Crippen LogP contribution in [-0.4, -0.2) is 37.4 Å². The quantitative estimate of drug-likeness (QED) is 0.247. The molecule has 1 N–H and O–H groups in total. The minimum atomic E-state index is 0.443. The van der Waals surface area contributed by atoms with E-state index in [2.05, 4.69) is 65.3 Å². The molecule has 0 radical (unpaired) electrons. The second-order valence-corrected chi connectivity index (χ2v) is 11.5. The van der Waals surface area contributed by atoms with Crippen molar-refractivity contribution in [1.82, 2.24) is 24.7 Å². The Hall–Kier alpha value is -3.48. The standard InChI is InChI=1S/C32H32ClN5O/c1-3-25-28(14-23-16-39-32-19(2)4-13-26(23)32)36-29-15-27(33)30(37-31(25)29)22-7-5-20(6-8-22)21-9-11-24(12-10-21)38-18-34-17-35-38/h5-12,15,17-19,23,26,32,36H,3-4,13-14,16H2,1-2H3. The summed E-state index contributed by atoms with van der Waals surface area (Å²) in [6, 6.07) is 18.8. The zero-order valence-corrected chi connectivity index (χ0v) is 23.0. The van der Waals surface area contributed by atoms with Gasteiger partial charge in [-0.1, -0.05) is 61.8 Å². The third kappa shape index (κ3) is 4.36. The van der Waals surface area contributed by atoms with Crippen LogP contribution in [0.25, 0.3) is 39.1 Å². The summed E-state index contributed by atoms with van der Waals surface area (Å²) in [5, 5.41) is 4.86. The SMILES string of the molecule is CCc1c(CC2COC3C(C)CCC23)[nH]c2cc(Cl)c(-c3ccc(-c4ccc(-n5cncn5)cc4)cc3)nc12. The molecule has 2 aliphatic rings. The van der Waals surface area contributed by atoms with Crippen molar-refractivity contribution in [1.29, 1.82) is 0 Å². The molecule has 1 saturated heterocycles. The molecule has 2 fully saturated rings. The number of nitrogens with zero attached hydrogens (tertiary/aromatic N) is 4. The maximum Gasteiger partial charge on any atom is 0.138 e. The van der Waals surface area contributed by atoms with Crippen LogP contribution < -0.4 is 0 Å². The lowest BCUT2D eigenvalue weighted by Gasteiger charge is -2.16. The zero-order chi connectivity index (χ0) is 26.5. The predicted molar refractivity (Wildman–Crippen MR) is 155 cm³/mol. The third-order valence-electron chi connectivity index (χ3n) is 8.82. The van der Waals surface area contributed by atoms with Gasteiger partial charge in [0.05, 0.1) is 40.1 Å². The molecule has 4 unspecified atom stereocenters. The molecule has 1 aliphatic heterocycles. The zero-order valence-electron chi connectivity index (χ0n) is 22.3. The van der Waals surface area contributed by atoms with E-state index in [0.29, 0.717) is 28.9 Å². The van der Waals surface area contributed by atoms with Gasteiger partial charge in [-0.2, -0.15) is 5.10 Å². The molecule has 4 heterocycles. The molecule has 3 aromatic heterocycles. The molecule has 4 atom stereocenters. The number of hydrogen-bond donors (Lipinski definition) is 1. The monoisotopic (exact) mass is 537 g/mol. The van der Waals surface area contributed by atoms with E-state index in [9.17, 15) is 0 Å². The second kappa shape index (κ2) is 9.92. The molecule has 2 aromatic carbocycles. The smallest absolute Gasteiger partial charge is 0.138 e. The number of nitrogens with one attached hydrogen (secondary N) is 1. The summed E-state index contributed by atoms with van der Waals surface area (Å²) in [4.78, 5) is 12.8. The first-order chi connectivity index (χ1) is 19.1. The van der Waals surface area contributed by atoms with Crippen molar-refractivity contribution in [3.8, 4) is 28.1 Å². The molecule has 198 valence electrons. The highest BCUT2D eigenvalue weighted by atomic mass is 35.5. The number of rotatable bonds is 6. The largest absolute Gasteiger partial charge is 0.377 e. The highest BCUT2D eigenvalue weighted by Gasteiger charge is 2.44. The number of benzene rings is 2. The van der Waals surface area contributed by atoms with Crippen molar-refractivity contribution < 1.29 is 4.74 Å². The summed E-state index contributed by atoms with van der Waals surface area (Å²) < 4.78 is 7.98. The molecule has 0 spiro atoms. The fraction of sp³-hybridized carbons (Fsp3) is 0.344. The van der Waals surface area contributed by atoms with Gasteiger partial charge in [0, 0.05) is 11.3 Å². The van der Waals surface area contributed by atoms with Crippen molar-refractivity contribution in [2.45, 2.75) is 45.6 Å². The molecule has 39 heavy (non-hydrogen) atoms. The van der Waals surface area contributed by atoms with E-state index in [4.69, 9.17) is 21.3 Å². The van der Waals surface area contributed by atoms with Gasteiger partial charge in [0.25, 0.3) is 0 Å². The molecule has 7 rings (SSSR count). The number of H-pyrrole nitrogens is 1. The van der Waals surface area contributed by atoms with Gasteiger partial charge < -0.3 is 9.72 Å². The average Bonchev–Trinajstić information content (AvgIpc) is 3.75. The van der Waals surface area contributed by atoms with E-state index in [0.717, 1.165) is 58.6 Å². The molecule has 0 amide bonds. The predicted octanol–water partition coefficient (Wildman–Crippen LogP) is 7.30. The Morgan fingerprint density at radius 3 is 2.49 bits per heavy atom. The number of hydrogen-bond acceptors (Lipinski definition) is 4. The van der Waals surface area contributed by atoms with Crippen LogP contribution in [0.2, 0.25) is 5.02 Å². The van der Waals surface area contributed by atoms with Gasteiger partial charge >= 0.3 is 0 Å².